The quantitative estimate of drug-likeness (QED) is 0.569. The molecule has 0 saturated carbocycles. The van der Waals surface area contributed by atoms with Crippen molar-refractivity contribution in [3.63, 3.8) is 0 Å². The molecule has 0 bridgehead atoms. The van der Waals surface area contributed by atoms with E-state index in [4.69, 9.17) is 0 Å². The van der Waals surface area contributed by atoms with E-state index in [1.54, 1.807) is 6.08 Å². The zero-order valence-corrected chi connectivity index (χ0v) is 9.26. The van der Waals surface area contributed by atoms with Crippen LogP contribution < -0.4 is 0 Å². The van der Waals surface area contributed by atoms with Crippen LogP contribution in [-0.2, 0) is 0 Å². The third-order valence-corrected chi connectivity index (χ3v) is 2.08. The van der Waals surface area contributed by atoms with Gasteiger partial charge in [0.15, 0.2) is 5.78 Å². The van der Waals surface area contributed by atoms with E-state index < -0.39 is 0 Å². The number of ketones is 1. The summed E-state index contributed by atoms with van der Waals surface area (Å²) in [6.45, 7) is 3.83. The normalized spacial score (nSPS) is 9.46. The van der Waals surface area contributed by atoms with Crippen molar-refractivity contribution >= 4 is 21.7 Å². The van der Waals surface area contributed by atoms with Crippen molar-refractivity contribution in [2.45, 2.75) is 13.8 Å². The lowest BCUT2D eigenvalue weighted by Gasteiger charge is -1.96. The molecule has 13 heavy (non-hydrogen) atoms. The summed E-state index contributed by atoms with van der Waals surface area (Å²) in [5.74, 6) is 0.0625. The maximum Gasteiger partial charge on any atom is 0.185 e. The molecule has 1 rings (SSSR count). The number of benzene rings is 1. The van der Waals surface area contributed by atoms with Gasteiger partial charge in [0, 0.05) is 10.0 Å². The molecule has 1 aromatic carbocycles. The van der Waals surface area contributed by atoms with Crippen LogP contribution in [0.1, 0.15) is 24.2 Å². The number of hydrogen-bond donors (Lipinski definition) is 0. The molecule has 0 aromatic heterocycles. The van der Waals surface area contributed by atoms with E-state index in [0.29, 0.717) is 0 Å². The van der Waals surface area contributed by atoms with Crippen molar-refractivity contribution in [1.29, 1.82) is 0 Å². The third-order valence-electron chi connectivity index (χ3n) is 1.55. The summed E-state index contributed by atoms with van der Waals surface area (Å²) in [6, 6.07) is 7.36. The molecule has 0 aliphatic heterocycles. The Bertz CT molecular complexity index is 332. The minimum absolute atomic E-state index is 0.0625. The van der Waals surface area contributed by atoms with E-state index in [9.17, 15) is 4.79 Å². The van der Waals surface area contributed by atoms with Crippen molar-refractivity contribution in [3.05, 3.63) is 46.0 Å². The van der Waals surface area contributed by atoms with Gasteiger partial charge in [0.25, 0.3) is 0 Å². The average Bonchev–Trinajstić information content (AvgIpc) is 2.04. The van der Waals surface area contributed by atoms with Gasteiger partial charge in [0.05, 0.1) is 0 Å². The summed E-state index contributed by atoms with van der Waals surface area (Å²) in [7, 11) is 0. The Balaban J connectivity index is 2.90. The minimum Gasteiger partial charge on any atom is -0.289 e. The fourth-order valence-electron chi connectivity index (χ4n) is 0.960. The summed E-state index contributed by atoms with van der Waals surface area (Å²) in [5.41, 5.74) is 1.75. The van der Waals surface area contributed by atoms with Crippen LogP contribution in [0.25, 0.3) is 0 Å². The third kappa shape index (κ3) is 3.15. The van der Waals surface area contributed by atoms with Gasteiger partial charge >= 0.3 is 0 Å². The lowest BCUT2D eigenvalue weighted by molar-refractivity contribution is 0.104. The van der Waals surface area contributed by atoms with Gasteiger partial charge in [-0.1, -0.05) is 21.5 Å². The predicted molar refractivity (Wildman–Crippen MR) is 57.9 cm³/mol. The van der Waals surface area contributed by atoms with Crippen LogP contribution in [0.3, 0.4) is 0 Å². The SMILES string of the molecule is CC(C)=CC(=O)c1ccc(Br)cc1. The van der Waals surface area contributed by atoms with Gasteiger partial charge in [-0.2, -0.15) is 0 Å². The summed E-state index contributed by atoms with van der Waals surface area (Å²) < 4.78 is 0.987. The van der Waals surface area contributed by atoms with E-state index in [2.05, 4.69) is 15.9 Å². The van der Waals surface area contributed by atoms with Crippen LogP contribution in [0.5, 0.6) is 0 Å². The second kappa shape index (κ2) is 4.38. The molecule has 0 radical (unpaired) electrons. The second-order valence-corrected chi connectivity index (χ2v) is 4.01. The van der Waals surface area contributed by atoms with Crippen LogP contribution in [-0.4, -0.2) is 5.78 Å². The van der Waals surface area contributed by atoms with E-state index in [0.717, 1.165) is 15.6 Å². The first-order chi connectivity index (χ1) is 6.09. The predicted octanol–water partition coefficient (Wildman–Crippen LogP) is 3.60. The van der Waals surface area contributed by atoms with Gasteiger partial charge in [-0.15, -0.1) is 0 Å². The molecule has 0 N–H and O–H groups in total. The summed E-state index contributed by atoms with van der Waals surface area (Å²) in [6.07, 6.45) is 1.64. The number of carbonyl (C=O) groups excluding carboxylic acids is 1. The molecule has 0 saturated heterocycles. The molecule has 1 aromatic rings. The number of allylic oxidation sites excluding steroid dienone is 2. The highest BCUT2D eigenvalue weighted by Crippen LogP contribution is 2.11. The largest absolute Gasteiger partial charge is 0.289 e. The Hall–Kier alpha value is -0.890. The first kappa shape index (κ1) is 10.2. The van der Waals surface area contributed by atoms with Gasteiger partial charge in [0.1, 0.15) is 0 Å². The van der Waals surface area contributed by atoms with Crippen LogP contribution in [0.2, 0.25) is 0 Å². The molecule has 1 nitrogen and oxygen atoms in total. The summed E-state index contributed by atoms with van der Waals surface area (Å²) in [5, 5.41) is 0. The Labute approximate surface area is 86.6 Å². The fourth-order valence-corrected chi connectivity index (χ4v) is 1.22. The number of rotatable bonds is 2. The summed E-state index contributed by atoms with van der Waals surface area (Å²) >= 11 is 3.32. The molecule has 68 valence electrons. The number of halogens is 1. The van der Waals surface area contributed by atoms with Crippen molar-refractivity contribution < 1.29 is 4.79 Å². The van der Waals surface area contributed by atoms with E-state index in [-0.39, 0.29) is 5.78 Å². The molecule has 0 aliphatic rings. The monoisotopic (exact) mass is 238 g/mol. The molecule has 0 unspecified atom stereocenters. The lowest BCUT2D eigenvalue weighted by atomic mass is 10.1. The molecule has 0 fully saturated rings. The smallest absolute Gasteiger partial charge is 0.185 e. The van der Waals surface area contributed by atoms with Crippen molar-refractivity contribution in [1.82, 2.24) is 0 Å². The molecule has 2 heteroatoms. The standard InChI is InChI=1S/C11H11BrO/c1-8(2)7-11(13)9-3-5-10(12)6-4-9/h3-7H,1-2H3. The van der Waals surface area contributed by atoms with Crippen LogP contribution in [0, 0.1) is 0 Å². The highest BCUT2D eigenvalue weighted by Gasteiger charge is 2.00. The van der Waals surface area contributed by atoms with Gasteiger partial charge in [-0.25, -0.2) is 0 Å². The Morgan fingerprint density at radius 3 is 2.23 bits per heavy atom. The molecular weight excluding hydrogens is 228 g/mol. The van der Waals surface area contributed by atoms with Crippen LogP contribution >= 0.6 is 15.9 Å². The Kier molecular flexibility index (Phi) is 3.43. The average molecular weight is 239 g/mol. The lowest BCUT2D eigenvalue weighted by Crippen LogP contribution is -1.94. The van der Waals surface area contributed by atoms with Crippen molar-refractivity contribution in [2.24, 2.45) is 0 Å². The van der Waals surface area contributed by atoms with E-state index in [1.807, 2.05) is 38.1 Å². The summed E-state index contributed by atoms with van der Waals surface area (Å²) in [4.78, 5) is 11.5. The number of hydrogen-bond acceptors (Lipinski definition) is 1. The van der Waals surface area contributed by atoms with Crippen LogP contribution in [0.15, 0.2) is 40.4 Å². The number of carbonyl (C=O) groups is 1. The topological polar surface area (TPSA) is 17.1 Å². The minimum atomic E-state index is 0.0625. The molecule has 0 atom stereocenters. The van der Waals surface area contributed by atoms with Gasteiger partial charge in [-0.3, -0.25) is 4.79 Å². The molecular formula is C11H11BrO. The van der Waals surface area contributed by atoms with Gasteiger partial charge in [-0.05, 0) is 44.2 Å². The molecule has 0 spiro atoms. The molecule has 0 heterocycles. The van der Waals surface area contributed by atoms with Crippen LogP contribution in [0.4, 0.5) is 0 Å². The van der Waals surface area contributed by atoms with E-state index in [1.165, 1.54) is 0 Å². The maximum atomic E-state index is 11.5. The first-order valence-corrected chi connectivity index (χ1v) is 4.83. The Morgan fingerprint density at radius 2 is 1.77 bits per heavy atom. The maximum absolute atomic E-state index is 11.5. The van der Waals surface area contributed by atoms with Crippen molar-refractivity contribution in [2.75, 3.05) is 0 Å². The van der Waals surface area contributed by atoms with Crippen molar-refractivity contribution in [3.8, 4) is 0 Å². The highest BCUT2D eigenvalue weighted by atomic mass is 79.9. The van der Waals surface area contributed by atoms with Gasteiger partial charge in [0.2, 0.25) is 0 Å². The zero-order valence-electron chi connectivity index (χ0n) is 7.67. The molecule has 0 amide bonds. The zero-order chi connectivity index (χ0) is 9.84. The highest BCUT2D eigenvalue weighted by molar-refractivity contribution is 9.10. The van der Waals surface area contributed by atoms with E-state index >= 15 is 0 Å². The first-order valence-electron chi connectivity index (χ1n) is 4.04. The van der Waals surface area contributed by atoms with Gasteiger partial charge < -0.3 is 0 Å². The second-order valence-electron chi connectivity index (χ2n) is 3.09. The fraction of sp³-hybridized carbons (Fsp3) is 0.182. The molecule has 0 aliphatic carbocycles. The Morgan fingerprint density at radius 1 is 1.23 bits per heavy atom.